The number of nitrogens with one attached hydrogen (secondary N) is 1. The van der Waals surface area contributed by atoms with E-state index in [1.54, 1.807) is 53.3 Å². The van der Waals surface area contributed by atoms with Gasteiger partial charge in [-0.1, -0.05) is 54.1 Å². The number of nitrogens with zero attached hydrogens (tertiary/aromatic N) is 3. The Bertz CT molecular complexity index is 1360. The standard InChI is InChI=1S/C25H24N4O3S/c1-19-11-13-20(14-12-19)18-29-24(15-16-26-29)27-25(30)21-7-6-10-23(17-21)33(31,32)28(2)22-8-4-3-5-9-22/h3-17H,18H2,1-2H3,(H,27,30). The van der Waals surface area contributed by atoms with Crippen LogP contribution in [-0.4, -0.2) is 31.2 Å². The summed E-state index contributed by atoms with van der Waals surface area (Å²) in [6.45, 7) is 2.52. The van der Waals surface area contributed by atoms with E-state index in [0.717, 1.165) is 5.56 Å². The molecule has 4 aromatic rings. The number of amides is 1. The molecule has 1 heterocycles. The third-order valence-corrected chi connectivity index (χ3v) is 7.07. The number of benzene rings is 3. The van der Waals surface area contributed by atoms with E-state index in [1.165, 1.54) is 29.0 Å². The Balaban J connectivity index is 1.53. The largest absolute Gasteiger partial charge is 0.307 e. The molecule has 3 aromatic carbocycles. The highest BCUT2D eigenvalue weighted by Gasteiger charge is 2.22. The van der Waals surface area contributed by atoms with E-state index in [2.05, 4.69) is 10.4 Å². The molecule has 0 bridgehead atoms. The minimum Gasteiger partial charge on any atom is -0.307 e. The summed E-state index contributed by atoms with van der Waals surface area (Å²) in [6, 6.07) is 24.6. The first kappa shape index (κ1) is 22.3. The molecule has 168 valence electrons. The molecule has 8 heteroatoms. The number of rotatable bonds is 7. The summed E-state index contributed by atoms with van der Waals surface area (Å²) < 4.78 is 29.1. The Morgan fingerprint density at radius 1 is 0.970 bits per heavy atom. The van der Waals surface area contributed by atoms with Gasteiger partial charge in [-0.15, -0.1) is 0 Å². The SMILES string of the molecule is Cc1ccc(Cn2nccc2NC(=O)c2cccc(S(=O)(=O)N(C)c3ccccc3)c2)cc1. The number of anilines is 2. The molecular weight excluding hydrogens is 436 g/mol. The molecule has 0 saturated heterocycles. The number of sulfonamides is 1. The van der Waals surface area contributed by atoms with Crippen LogP contribution in [0.25, 0.3) is 0 Å². The van der Waals surface area contributed by atoms with Crippen molar-refractivity contribution in [2.45, 2.75) is 18.4 Å². The van der Waals surface area contributed by atoms with E-state index in [-0.39, 0.29) is 10.5 Å². The number of hydrogen-bond donors (Lipinski definition) is 1. The van der Waals surface area contributed by atoms with Gasteiger partial charge in [-0.25, -0.2) is 13.1 Å². The molecule has 1 amide bonds. The molecule has 0 atom stereocenters. The number of aryl methyl sites for hydroxylation is 1. The Morgan fingerprint density at radius 3 is 2.42 bits per heavy atom. The third kappa shape index (κ3) is 4.96. The summed E-state index contributed by atoms with van der Waals surface area (Å²) in [4.78, 5) is 13.0. The van der Waals surface area contributed by atoms with Crippen molar-refractivity contribution in [1.29, 1.82) is 0 Å². The first-order valence-electron chi connectivity index (χ1n) is 10.4. The van der Waals surface area contributed by atoms with Crippen LogP contribution < -0.4 is 9.62 Å². The number of para-hydroxylation sites is 1. The Labute approximate surface area is 193 Å². The summed E-state index contributed by atoms with van der Waals surface area (Å²) in [5, 5.41) is 7.12. The van der Waals surface area contributed by atoms with E-state index in [4.69, 9.17) is 0 Å². The van der Waals surface area contributed by atoms with Crippen molar-refractivity contribution in [3.63, 3.8) is 0 Å². The lowest BCUT2D eigenvalue weighted by Gasteiger charge is -2.19. The first-order chi connectivity index (χ1) is 15.8. The van der Waals surface area contributed by atoms with Crippen molar-refractivity contribution in [3.05, 3.63) is 108 Å². The van der Waals surface area contributed by atoms with Crippen LogP contribution in [0.5, 0.6) is 0 Å². The molecule has 0 fully saturated rings. The maximum absolute atomic E-state index is 13.1. The van der Waals surface area contributed by atoms with Crippen molar-refractivity contribution >= 4 is 27.4 Å². The number of carbonyl (C=O) groups is 1. The van der Waals surface area contributed by atoms with Gasteiger partial charge in [0, 0.05) is 18.7 Å². The highest BCUT2D eigenvalue weighted by Crippen LogP contribution is 2.23. The molecule has 0 aliphatic carbocycles. The van der Waals surface area contributed by atoms with Crippen LogP contribution in [0.15, 0.2) is 96.0 Å². The minimum atomic E-state index is -3.83. The topological polar surface area (TPSA) is 84.3 Å². The summed E-state index contributed by atoms with van der Waals surface area (Å²) in [5.74, 6) is 0.107. The average molecular weight is 461 g/mol. The molecule has 0 unspecified atom stereocenters. The average Bonchev–Trinajstić information content (AvgIpc) is 3.27. The zero-order valence-electron chi connectivity index (χ0n) is 18.3. The van der Waals surface area contributed by atoms with Crippen molar-refractivity contribution < 1.29 is 13.2 Å². The molecule has 1 aromatic heterocycles. The van der Waals surface area contributed by atoms with Crippen LogP contribution >= 0.6 is 0 Å². The Morgan fingerprint density at radius 2 is 1.70 bits per heavy atom. The van der Waals surface area contributed by atoms with Crippen LogP contribution in [0.2, 0.25) is 0 Å². The molecule has 0 aliphatic heterocycles. The van der Waals surface area contributed by atoms with E-state index in [9.17, 15) is 13.2 Å². The lowest BCUT2D eigenvalue weighted by Crippen LogP contribution is -2.26. The van der Waals surface area contributed by atoms with Crippen molar-refractivity contribution in [2.24, 2.45) is 0 Å². The van der Waals surface area contributed by atoms with Gasteiger partial charge in [0.1, 0.15) is 5.82 Å². The van der Waals surface area contributed by atoms with Gasteiger partial charge in [0.2, 0.25) is 0 Å². The Kier molecular flexibility index (Phi) is 6.28. The highest BCUT2D eigenvalue weighted by molar-refractivity contribution is 7.92. The van der Waals surface area contributed by atoms with E-state index in [1.807, 2.05) is 37.3 Å². The summed E-state index contributed by atoms with van der Waals surface area (Å²) in [6.07, 6.45) is 1.61. The second-order valence-electron chi connectivity index (χ2n) is 7.65. The molecule has 1 N–H and O–H groups in total. The molecule has 0 aliphatic rings. The van der Waals surface area contributed by atoms with Gasteiger partial charge in [-0.2, -0.15) is 5.10 Å². The van der Waals surface area contributed by atoms with Crippen molar-refractivity contribution in [3.8, 4) is 0 Å². The zero-order valence-corrected chi connectivity index (χ0v) is 19.2. The van der Waals surface area contributed by atoms with Crippen LogP contribution in [-0.2, 0) is 16.6 Å². The Hall–Kier alpha value is -3.91. The van der Waals surface area contributed by atoms with E-state index in [0.29, 0.717) is 18.1 Å². The number of aromatic nitrogens is 2. The van der Waals surface area contributed by atoms with Crippen LogP contribution in [0.4, 0.5) is 11.5 Å². The number of carbonyl (C=O) groups excluding carboxylic acids is 1. The van der Waals surface area contributed by atoms with Gasteiger partial charge < -0.3 is 5.32 Å². The lowest BCUT2D eigenvalue weighted by molar-refractivity contribution is 0.102. The van der Waals surface area contributed by atoms with Crippen LogP contribution in [0.1, 0.15) is 21.5 Å². The molecule has 0 saturated carbocycles. The molecule has 7 nitrogen and oxygen atoms in total. The third-order valence-electron chi connectivity index (χ3n) is 5.29. The normalized spacial score (nSPS) is 11.2. The molecule has 4 rings (SSSR count). The number of hydrogen-bond acceptors (Lipinski definition) is 4. The second-order valence-corrected chi connectivity index (χ2v) is 9.62. The predicted molar refractivity (Wildman–Crippen MR) is 129 cm³/mol. The van der Waals surface area contributed by atoms with Gasteiger partial charge >= 0.3 is 0 Å². The second kappa shape index (κ2) is 9.30. The lowest BCUT2D eigenvalue weighted by atomic mass is 10.1. The van der Waals surface area contributed by atoms with E-state index < -0.39 is 15.9 Å². The monoisotopic (exact) mass is 460 g/mol. The molecule has 0 spiro atoms. The predicted octanol–water partition coefficient (Wildman–Crippen LogP) is 4.32. The fourth-order valence-electron chi connectivity index (χ4n) is 3.35. The summed E-state index contributed by atoms with van der Waals surface area (Å²) in [7, 11) is -2.34. The maximum Gasteiger partial charge on any atom is 0.264 e. The van der Waals surface area contributed by atoms with Crippen LogP contribution in [0.3, 0.4) is 0 Å². The summed E-state index contributed by atoms with van der Waals surface area (Å²) >= 11 is 0. The smallest absolute Gasteiger partial charge is 0.264 e. The quantitative estimate of drug-likeness (QED) is 0.445. The van der Waals surface area contributed by atoms with Gasteiger partial charge in [0.05, 0.1) is 23.3 Å². The maximum atomic E-state index is 13.1. The van der Waals surface area contributed by atoms with E-state index >= 15 is 0 Å². The van der Waals surface area contributed by atoms with Gasteiger partial charge in [0.25, 0.3) is 15.9 Å². The summed E-state index contributed by atoms with van der Waals surface area (Å²) in [5.41, 5.74) is 2.99. The first-order valence-corrected chi connectivity index (χ1v) is 11.8. The van der Waals surface area contributed by atoms with Crippen LogP contribution in [0, 0.1) is 6.92 Å². The van der Waals surface area contributed by atoms with Gasteiger partial charge in [0.15, 0.2) is 0 Å². The minimum absolute atomic E-state index is 0.0367. The zero-order chi connectivity index (χ0) is 23.4. The fraction of sp³-hybridized carbons (Fsp3) is 0.120. The van der Waals surface area contributed by atoms with Crippen molar-refractivity contribution in [1.82, 2.24) is 9.78 Å². The molecule has 33 heavy (non-hydrogen) atoms. The highest BCUT2D eigenvalue weighted by atomic mass is 32.2. The molecular formula is C25H24N4O3S. The van der Waals surface area contributed by atoms with Gasteiger partial charge in [-0.3, -0.25) is 9.10 Å². The molecule has 0 radical (unpaired) electrons. The van der Waals surface area contributed by atoms with Crippen molar-refractivity contribution in [2.75, 3.05) is 16.7 Å². The van der Waals surface area contributed by atoms with Gasteiger partial charge in [-0.05, 0) is 42.8 Å². The fourth-order valence-corrected chi connectivity index (χ4v) is 4.59.